The van der Waals surface area contributed by atoms with E-state index in [2.05, 4.69) is 5.32 Å². The fourth-order valence-corrected chi connectivity index (χ4v) is 10.7. The first kappa shape index (κ1) is 35.9. The van der Waals surface area contributed by atoms with E-state index >= 15 is 0 Å². The average Bonchev–Trinajstić information content (AvgIpc) is 3.56. The van der Waals surface area contributed by atoms with Crippen LogP contribution in [0, 0.1) is 23.7 Å². The number of methoxy groups -OCH3 is 2. The smallest absolute Gasteiger partial charge is 0.330 e. The Morgan fingerprint density at radius 1 is 0.885 bits per heavy atom. The van der Waals surface area contributed by atoms with Gasteiger partial charge in [-0.3, -0.25) is 4.79 Å². The minimum atomic E-state index is -3.87. The Morgan fingerprint density at radius 2 is 1.50 bits per heavy atom. The van der Waals surface area contributed by atoms with E-state index in [1.807, 2.05) is 31.1 Å². The van der Waals surface area contributed by atoms with Gasteiger partial charge in [-0.2, -0.15) is 5.10 Å². The van der Waals surface area contributed by atoms with Gasteiger partial charge in [0.15, 0.2) is 5.69 Å². The van der Waals surface area contributed by atoms with Crippen LogP contribution in [0.4, 0.5) is 0 Å². The number of carboxylic acid groups (broad SMARTS) is 1. The van der Waals surface area contributed by atoms with Crippen molar-refractivity contribution in [3.63, 3.8) is 0 Å². The van der Waals surface area contributed by atoms with E-state index in [4.69, 9.17) is 14.6 Å². The van der Waals surface area contributed by atoms with Crippen molar-refractivity contribution in [3.05, 3.63) is 66.4 Å². The molecule has 4 saturated carbocycles. The highest BCUT2D eigenvalue weighted by atomic mass is 32.2. The van der Waals surface area contributed by atoms with Crippen LogP contribution in [0.15, 0.2) is 65.6 Å². The molecule has 1 heterocycles. The number of sulfonamides is 1. The lowest BCUT2D eigenvalue weighted by atomic mass is 9.48. The minimum Gasteiger partial charge on any atom is -0.496 e. The summed E-state index contributed by atoms with van der Waals surface area (Å²) >= 11 is 0. The Kier molecular flexibility index (Phi) is 9.55. The highest BCUT2D eigenvalue weighted by molar-refractivity contribution is 7.89. The molecule has 4 aromatic rings. The molecule has 8 rings (SSSR count). The lowest BCUT2D eigenvalue weighted by Gasteiger charge is -2.59. The summed E-state index contributed by atoms with van der Waals surface area (Å²) in [6, 6.07) is 17.5. The molecule has 12 nitrogen and oxygen atoms in total. The van der Waals surface area contributed by atoms with Crippen LogP contribution in [-0.2, 0) is 14.8 Å². The molecule has 1 aromatic heterocycles. The summed E-state index contributed by atoms with van der Waals surface area (Å²) in [6.45, 7) is 1.10. The Bertz CT molecular complexity index is 2080. The lowest BCUT2D eigenvalue weighted by molar-refractivity contribution is -0.163. The van der Waals surface area contributed by atoms with Gasteiger partial charge in [0.1, 0.15) is 17.0 Å². The summed E-state index contributed by atoms with van der Waals surface area (Å²) < 4.78 is 42.4. The van der Waals surface area contributed by atoms with Crippen LogP contribution < -0.4 is 14.8 Å². The van der Waals surface area contributed by atoms with E-state index in [1.54, 1.807) is 74.5 Å². The second kappa shape index (κ2) is 13.8. The number of ether oxygens (including phenoxy) is 2. The van der Waals surface area contributed by atoms with Gasteiger partial charge in [-0.25, -0.2) is 22.2 Å². The monoisotopic (exact) mass is 729 g/mol. The van der Waals surface area contributed by atoms with Crippen molar-refractivity contribution >= 4 is 32.7 Å². The van der Waals surface area contributed by atoms with Gasteiger partial charge < -0.3 is 24.8 Å². The van der Waals surface area contributed by atoms with Gasteiger partial charge in [0.2, 0.25) is 10.0 Å². The molecule has 0 radical (unpaired) electrons. The summed E-state index contributed by atoms with van der Waals surface area (Å²) in [5.41, 5.74) is 0.171. The quantitative estimate of drug-likeness (QED) is 0.188. The van der Waals surface area contributed by atoms with Crippen molar-refractivity contribution in [1.82, 2.24) is 24.3 Å². The Hall–Kier alpha value is -4.46. The van der Waals surface area contributed by atoms with E-state index in [0.717, 1.165) is 38.6 Å². The van der Waals surface area contributed by atoms with E-state index < -0.39 is 27.4 Å². The molecular weight excluding hydrogens is 683 g/mol. The minimum absolute atomic E-state index is 0.0267. The number of carboxylic acids is 1. The van der Waals surface area contributed by atoms with Crippen LogP contribution in [-0.4, -0.2) is 98.4 Å². The summed E-state index contributed by atoms with van der Waals surface area (Å²) in [5, 5.41) is 19.7. The highest BCUT2D eigenvalue weighted by Crippen LogP contribution is 2.58. The molecular formula is C39H47N5O7S. The number of carbonyl (C=O) groups is 2. The van der Waals surface area contributed by atoms with E-state index in [1.165, 1.54) is 4.31 Å². The fraction of sp³-hybridized carbons (Fsp3) is 0.462. The maximum atomic E-state index is 14.3. The number of nitrogens with one attached hydrogen (secondary N) is 1. The van der Waals surface area contributed by atoms with E-state index in [9.17, 15) is 23.1 Å². The largest absolute Gasteiger partial charge is 0.496 e. The molecule has 3 aromatic carbocycles. The molecule has 0 atom stereocenters. The number of benzene rings is 3. The van der Waals surface area contributed by atoms with Crippen LogP contribution in [0.3, 0.4) is 0 Å². The van der Waals surface area contributed by atoms with Crippen molar-refractivity contribution < 1.29 is 32.6 Å². The van der Waals surface area contributed by atoms with Gasteiger partial charge in [0.05, 0.1) is 36.1 Å². The summed E-state index contributed by atoms with van der Waals surface area (Å²) in [6.07, 6.45) is 5.00. The first-order valence-electron chi connectivity index (χ1n) is 17.9. The maximum absolute atomic E-state index is 14.3. The number of carbonyl (C=O) groups excluding carboxylic acids is 1. The number of nitrogens with zero attached hydrogens (tertiary/aromatic N) is 4. The highest BCUT2D eigenvalue weighted by Gasteiger charge is 2.62. The van der Waals surface area contributed by atoms with E-state index in [-0.39, 0.29) is 22.4 Å². The molecule has 0 unspecified atom stereocenters. The number of hydrogen-bond acceptors (Lipinski definition) is 8. The third kappa shape index (κ3) is 6.02. The number of aromatic nitrogens is 2. The van der Waals surface area contributed by atoms with Crippen LogP contribution in [0.1, 0.15) is 49.0 Å². The predicted octanol–water partition coefficient (Wildman–Crippen LogP) is 5.29. The van der Waals surface area contributed by atoms with Crippen molar-refractivity contribution in [3.8, 4) is 28.4 Å². The van der Waals surface area contributed by atoms with Crippen LogP contribution in [0.25, 0.3) is 27.7 Å². The first-order valence-corrected chi connectivity index (χ1v) is 19.3. The molecule has 4 fully saturated rings. The number of rotatable bonds is 13. The third-order valence-corrected chi connectivity index (χ3v) is 13.5. The molecule has 2 N–H and O–H groups in total. The summed E-state index contributed by atoms with van der Waals surface area (Å²) in [5.74, 6) is 0.113. The number of amides is 1. The van der Waals surface area contributed by atoms with E-state index in [0.29, 0.717) is 64.0 Å². The van der Waals surface area contributed by atoms with Gasteiger partial charge in [-0.05, 0) is 113 Å². The zero-order valence-electron chi connectivity index (χ0n) is 30.3. The molecule has 1 amide bonds. The molecule has 52 heavy (non-hydrogen) atoms. The van der Waals surface area contributed by atoms with Crippen molar-refractivity contribution in [2.24, 2.45) is 23.7 Å². The molecule has 4 aliphatic carbocycles. The molecule has 0 aliphatic heterocycles. The number of fused-ring (bicyclic) bond motifs is 1. The van der Waals surface area contributed by atoms with Crippen molar-refractivity contribution in [2.45, 2.75) is 49.0 Å². The van der Waals surface area contributed by atoms with Crippen LogP contribution in [0.2, 0.25) is 0 Å². The van der Waals surface area contributed by atoms with Gasteiger partial charge in [0, 0.05) is 24.4 Å². The Labute approximate surface area is 304 Å². The number of hydrogen-bond donors (Lipinski definition) is 2. The summed E-state index contributed by atoms with van der Waals surface area (Å²) in [4.78, 5) is 29.6. The zero-order valence-corrected chi connectivity index (χ0v) is 31.2. The maximum Gasteiger partial charge on any atom is 0.330 e. The molecule has 13 heteroatoms. The molecule has 4 bridgehead atoms. The first-order chi connectivity index (χ1) is 24.9. The van der Waals surface area contributed by atoms with Gasteiger partial charge >= 0.3 is 5.97 Å². The van der Waals surface area contributed by atoms with Gasteiger partial charge in [-0.1, -0.05) is 30.3 Å². The lowest BCUT2D eigenvalue weighted by Crippen LogP contribution is -2.70. The van der Waals surface area contributed by atoms with Gasteiger partial charge in [-0.15, -0.1) is 0 Å². The average molecular weight is 730 g/mol. The fourth-order valence-electron chi connectivity index (χ4n) is 9.31. The molecule has 4 aliphatic rings. The molecule has 0 saturated heterocycles. The normalized spacial score (nSPS) is 23.8. The zero-order chi connectivity index (χ0) is 36.9. The summed E-state index contributed by atoms with van der Waals surface area (Å²) in [7, 11) is 4.71. The van der Waals surface area contributed by atoms with Crippen LogP contribution >= 0.6 is 0 Å². The second-order valence-corrected chi connectivity index (χ2v) is 16.9. The molecule has 0 spiro atoms. The molecule has 276 valence electrons. The topological polar surface area (TPSA) is 143 Å². The van der Waals surface area contributed by atoms with Crippen molar-refractivity contribution in [2.75, 3.05) is 48.5 Å². The SMILES string of the molecule is COc1cccc(OC)c1-c1cc(C(=O)NC2(C(=O)O)C3CC4CC(C3)CC2C4)nn1-c1ccc(S(=O)(=O)N(C)CCCN(C)C)c2ccccc12. The van der Waals surface area contributed by atoms with Gasteiger partial charge in [0.25, 0.3) is 5.91 Å². The Morgan fingerprint density at radius 3 is 2.08 bits per heavy atom. The second-order valence-electron chi connectivity index (χ2n) is 14.9. The third-order valence-electron chi connectivity index (χ3n) is 11.6. The van der Waals surface area contributed by atoms with Crippen molar-refractivity contribution in [1.29, 1.82) is 0 Å². The predicted molar refractivity (Wildman–Crippen MR) is 197 cm³/mol. The Balaban J connectivity index is 1.35. The standard InChI is InChI=1S/C39H47N5O7S/c1-42(2)16-9-17-43(3)52(48,49)35-15-14-31(28-10-6-7-11-29(28)35)44-32(36-33(50-4)12-8-13-34(36)51-5)23-30(41-44)37(45)40-39(38(46)47)26-19-24-18-25(21-26)22-27(39)20-24/h6-8,10-15,23-27H,9,16-22H2,1-5H3,(H,40,45)(H,46,47). The number of aliphatic carboxylic acids is 1. The van der Waals surface area contributed by atoms with Crippen LogP contribution in [0.5, 0.6) is 11.5 Å².